The van der Waals surface area contributed by atoms with E-state index in [1.165, 1.54) is 37.1 Å². The van der Waals surface area contributed by atoms with Gasteiger partial charge in [0.15, 0.2) is 0 Å². The van der Waals surface area contributed by atoms with E-state index in [1.807, 2.05) is 24.3 Å². The van der Waals surface area contributed by atoms with Crippen LogP contribution in [0, 0.1) is 0 Å². The first-order chi connectivity index (χ1) is 32.6. The van der Waals surface area contributed by atoms with E-state index in [0.29, 0.717) is 0 Å². The second-order valence-electron chi connectivity index (χ2n) is 15.9. The van der Waals surface area contributed by atoms with Crippen LogP contribution in [-0.2, 0) is 39.2 Å². The van der Waals surface area contributed by atoms with Crippen LogP contribution in [0.1, 0.15) is 198 Å². The molecule has 0 radical (unpaired) electrons. The Balaban J connectivity index is 0.00000132. The second-order valence-corrected chi connectivity index (χ2v) is 18.6. The van der Waals surface area contributed by atoms with Crippen LogP contribution in [0.3, 0.4) is 0 Å². The molecule has 0 aromatic heterocycles. The predicted molar refractivity (Wildman–Crippen MR) is 267 cm³/mol. The van der Waals surface area contributed by atoms with E-state index in [1.54, 1.807) is 24.3 Å². The van der Waals surface area contributed by atoms with E-state index < -0.39 is 65.0 Å². The molecule has 0 saturated heterocycles. The molecule has 0 saturated carbocycles. The number of unbranched alkanes of at least 4 members (excludes halogenated alkanes) is 16. The van der Waals surface area contributed by atoms with Crippen LogP contribution >= 0.6 is 0 Å². The maximum atomic E-state index is 12.6. The second kappa shape index (κ2) is 40.0. The number of rotatable bonds is 34. The van der Waals surface area contributed by atoms with Crippen molar-refractivity contribution in [3.63, 3.8) is 0 Å². The monoisotopic (exact) mass is 1030 g/mol. The molecule has 0 fully saturated rings. The molecule has 0 aliphatic rings. The van der Waals surface area contributed by atoms with Crippen molar-refractivity contribution in [2.24, 2.45) is 0 Å². The molecule has 2 rings (SSSR count). The summed E-state index contributed by atoms with van der Waals surface area (Å²) in [5, 5.41) is 0. The van der Waals surface area contributed by atoms with E-state index in [4.69, 9.17) is 18.9 Å². The van der Waals surface area contributed by atoms with Gasteiger partial charge in [-0.1, -0.05) is 165 Å². The van der Waals surface area contributed by atoms with Crippen LogP contribution in [0.5, 0.6) is 0 Å². The molecule has 14 nitrogen and oxygen atoms in total. The van der Waals surface area contributed by atoms with Crippen molar-refractivity contribution in [1.29, 1.82) is 0 Å². The number of allylic oxidation sites excluding steroid dienone is 4. The van der Waals surface area contributed by atoms with Crippen LogP contribution in [-0.4, -0.2) is 114 Å². The molecule has 69 heavy (non-hydrogen) atoms. The van der Waals surface area contributed by atoms with Crippen LogP contribution < -0.4 is 0 Å². The minimum absolute atomic E-state index is 0. The summed E-state index contributed by atoms with van der Waals surface area (Å²) in [6.07, 6.45) is 35.6. The summed E-state index contributed by atoms with van der Waals surface area (Å²) in [5.74, 6) is -3.94. The molecular formula is C52H74CaO14S2. The Labute approximate surface area is 442 Å². The van der Waals surface area contributed by atoms with Gasteiger partial charge in [0, 0.05) is 0 Å². The number of carbonyl (C=O) groups is 4. The van der Waals surface area contributed by atoms with Crippen molar-refractivity contribution in [2.45, 2.75) is 166 Å². The van der Waals surface area contributed by atoms with Gasteiger partial charge in [-0.3, -0.25) is 0 Å². The van der Waals surface area contributed by atoms with Crippen molar-refractivity contribution >= 4 is 81.9 Å². The smallest absolute Gasteiger partial charge is 0.744 e. The van der Waals surface area contributed by atoms with E-state index >= 15 is 0 Å². The fraction of sp³-hybridized carbons (Fsp3) is 0.538. The first-order valence-electron chi connectivity index (χ1n) is 24.1. The molecule has 380 valence electrons. The molecule has 0 atom stereocenters. The van der Waals surface area contributed by atoms with Gasteiger partial charge in [-0.15, -0.1) is 0 Å². The van der Waals surface area contributed by atoms with E-state index in [2.05, 4.69) is 27.7 Å². The maximum absolute atomic E-state index is 12.6. The number of hydrogen-bond acceptors (Lipinski definition) is 14. The summed E-state index contributed by atoms with van der Waals surface area (Å²) in [7, 11) is -10.0. The van der Waals surface area contributed by atoms with Gasteiger partial charge in [-0.2, -0.15) is 0 Å². The van der Waals surface area contributed by atoms with Crippen LogP contribution in [0.25, 0.3) is 0 Å². The third-order valence-electron chi connectivity index (χ3n) is 10.2. The summed E-state index contributed by atoms with van der Waals surface area (Å²) < 4.78 is 90.8. The third-order valence-corrected chi connectivity index (χ3v) is 12.0. The zero-order valence-corrected chi connectivity index (χ0v) is 45.1. The van der Waals surface area contributed by atoms with Gasteiger partial charge in [0.1, 0.15) is 46.7 Å². The van der Waals surface area contributed by atoms with Crippen LogP contribution in [0.2, 0.25) is 0 Å². The Morgan fingerprint density at radius 3 is 0.913 bits per heavy atom. The minimum Gasteiger partial charge on any atom is -0.744 e. The number of esters is 4. The third kappa shape index (κ3) is 29.3. The average Bonchev–Trinajstić information content (AvgIpc) is 3.31. The zero-order valence-electron chi connectivity index (χ0n) is 41.3. The van der Waals surface area contributed by atoms with E-state index in [-0.39, 0.29) is 75.3 Å². The number of hydrogen-bond donors (Lipinski definition) is 0. The van der Waals surface area contributed by atoms with Crippen LogP contribution in [0.4, 0.5) is 0 Å². The number of ether oxygens (including phenoxy) is 4. The Kier molecular flexibility index (Phi) is 37.9. The molecule has 2 aromatic rings. The van der Waals surface area contributed by atoms with E-state index in [9.17, 15) is 45.1 Å². The first kappa shape index (κ1) is 65.4. The molecular weight excluding hydrogens is 953 g/mol. The summed E-state index contributed by atoms with van der Waals surface area (Å²) in [6, 6.07) is 6.89. The van der Waals surface area contributed by atoms with Crippen molar-refractivity contribution in [3.05, 3.63) is 107 Å². The SMILES string of the molecule is CCCCCC/C=C/COC(=O)c1cccc(S(=O)(=O)[O-])c1C(=O)OC/C=C/CCCCCC.CCCCCC/C=C/COC(=O)c1cccc(S(=O)(=O)[O-])c1C(=O)OC/C=C/CCCCCC.[Ca+2]. The first-order valence-corrected chi connectivity index (χ1v) is 26.9. The molecule has 0 aliphatic heterocycles. The molecule has 0 unspecified atom stereocenters. The van der Waals surface area contributed by atoms with Gasteiger partial charge in [0.25, 0.3) is 0 Å². The Morgan fingerprint density at radius 2 is 0.667 bits per heavy atom. The van der Waals surface area contributed by atoms with Gasteiger partial charge in [0.05, 0.1) is 32.0 Å². The Hall–Kier alpha value is -3.64. The largest absolute Gasteiger partial charge is 2.00 e. The van der Waals surface area contributed by atoms with Crippen LogP contribution in [0.15, 0.2) is 94.8 Å². The molecule has 0 N–H and O–H groups in total. The number of benzene rings is 2. The molecule has 0 heterocycles. The zero-order chi connectivity index (χ0) is 50.5. The molecule has 0 amide bonds. The normalized spacial score (nSPS) is 11.7. The van der Waals surface area contributed by atoms with Crippen molar-refractivity contribution in [3.8, 4) is 0 Å². The number of carbonyl (C=O) groups excluding carboxylic acids is 4. The Morgan fingerprint density at radius 1 is 0.406 bits per heavy atom. The molecule has 0 bridgehead atoms. The van der Waals surface area contributed by atoms with Gasteiger partial charge >= 0.3 is 61.6 Å². The fourth-order valence-corrected chi connectivity index (χ4v) is 7.91. The van der Waals surface area contributed by atoms with Crippen molar-refractivity contribution < 1.29 is 64.1 Å². The summed E-state index contributed by atoms with van der Waals surface area (Å²) in [5.41, 5.74) is -1.83. The fourth-order valence-electron chi connectivity index (χ4n) is 6.53. The molecule has 0 spiro atoms. The van der Waals surface area contributed by atoms with Crippen molar-refractivity contribution in [2.75, 3.05) is 26.4 Å². The standard InChI is InChI=1S/2C26H38O7S.Ca/c2*1-3-5-7-9-11-13-15-20-32-25(27)22-18-17-19-23(34(29,30)31)24(22)26(28)33-21-16-14-12-10-8-6-4-2;/h2*13-19H,3-12,20-21H2,1-2H3,(H,29,30,31);/q;;+2/p-2/b2*15-13+,16-14+;. The topological polar surface area (TPSA) is 220 Å². The average molecular weight is 1030 g/mol. The molecule has 17 heteroatoms. The molecule has 0 aliphatic carbocycles. The van der Waals surface area contributed by atoms with Gasteiger partial charge in [-0.25, -0.2) is 36.0 Å². The van der Waals surface area contributed by atoms with Gasteiger partial charge < -0.3 is 28.1 Å². The van der Waals surface area contributed by atoms with Gasteiger partial charge in [-0.05, 0) is 75.6 Å². The van der Waals surface area contributed by atoms with Crippen molar-refractivity contribution in [1.82, 2.24) is 0 Å². The summed E-state index contributed by atoms with van der Waals surface area (Å²) in [6.45, 7) is 8.27. The maximum Gasteiger partial charge on any atom is 2.00 e. The predicted octanol–water partition coefficient (Wildman–Crippen LogP) is 11.5. The van der Waals surface area contributed by atoms with E-state index in [0.717, 1.165) is 128 Å². The molecule has 2 aromatic carbocycles. The Bertz CT molecular complexity index is 1990. The summed E-state index contributed by atoms with van der Waals surface area (Å²) in [4.78, 5) is 48.8. The van der Waals surface area contributed by atoms with Gasteiger partial charge in [0.2, 0.25) is 0 Å². The quantitative estimate of drug-likeness (QED) is 0.0159. The summed E-state index contributed by atoms with van der Waals surface area (Å²) >= 11 is 0. The minimum atomic E-state index is -5.01.